The fourth-order valence-corrected chi connectivity index (χ4v) is 2.36. The number of nitrogens with zero attached hydrogens (tertiary/aromatic N) is 2. The van der Waals surface area contributed by atoms with Gasteiger partial charge in [0.05, 0.1) is 17.1 Å². The Bertz CT molecular complexity index is 733. The highest BCUT2D eigenvalue weighted by Crippen LogP contribution is 2.15. The highest BCUT2D eigenvalue weighted by molar-refractivity contribution is 5.77. The number of aromatic nitrogens is 3. The number of rotatable bonds is 5. The third-order valence-corrected chi connectivity index (χ3v) is 3.56. The van der Waals surface area contributed by atoms with Crippen LogP contribution in [0.4, 0.5) is 0 Å². The first-order valence-electron chi connectivity index (χ1n) is 7.35. The van der Waals surface area contributed by atoms with E-state index in [9.17, 15) is 4.79 Å². The molecule has 0 aliphatic carbocycles. The van der Waals surface area contributed by atoms with Crippen molar-refractivity contribution in [3.8, 4) is 0 Å². The number of amides is 1. The molecule has 0 radical (unpaired) electrons. The second-order valence-electron chi connectivity index (χ2n) is 5.29. The molecule has 1 atom stereocenters. The third kappa shape index (κ3) is 3.31. The van der Waals surface area contributed by atoms with Crippen LogP contribution in [-0.2, 0) is 11.2 Å². The van der Waals surface area contributed by atoms with Crippen LogP contribution in [0.2, 0.25) is 0 Å². The molecule has 22 heavy (non-hydrogen) atoms. The lowest BCUT2D eigenvalue weighted by molar-refractivity contribution is -0.121. The van der Waals surface area contributed by atoms with Crippen LogP contribution in [0.25, 0.3) is 11.0 Å². The van der Waals surface area contributed by atoms with Crippen molar-refractivity contribution in [2.75, 3.05) is 0 Å². The Morgan fingerprint density at radius 3 is 2.91 bits per heavy atom. The second-order valence-corrected chi connectivity index (χ2v) is 5.29. The van der Waals surface area contributed by atoms with Crippen molar-refractivity contribution in [1.29, 1.82) is 0 Å². The number of pyridine rings is 1. The van der Waals surface area contributed by atoms with Crippen LogP contribution in [0.1, 0.15) is 30.8 Å². The Morgan fingerprint density at radius 1 is 1.27 bits per heavy atom. The van der Waals surface area contributed by atoms with E-state index in [0.717, 1.165) is 22.4 Å². The number of carbonyl (C=O) groups excluding carboxylic acids is 1. The molecule has 1 amide bonds. The number of aromatic amines is 1. The first-order valence-corrected chi connectivity index (χ1v) is 7.35. The Labute approximate surface area is 128 Å². The highest BCUT2D eigenvalue weighted by atomic mass is 16.1. The molecule has 0 saturated heterocycles. The van der Waals surface area contributed by atoms with Gasteiger partial charge in [0.1, 0.15) is 5.82 Å². The van der Waals surface area contributed by atoms with Gasteiger partial charge in [-0.2, -0.15) is 0 Å². The van der Waals surface area contributed by atoms with Crippen molar-refractivity contribution in [3.63, 3.8) is 0 Å². The Kier molecular flexibility index (Phi) is 4.14. The zero-order valence-corrected chi connectivity index (χ0v) is 12.4. The van der Waals surface area contributed by atoms with Crippen molar-refractivity contribution >= 4 is 16.9 Å². The van der Waals surface area contributed by atoms with E-state index in [2.05, 4.69) is 20.3 Å². The van der Waals surface area contributed by atoms with Crippen LogP contribution in [0.5, 0.6) is 0 Å². The summed E-state index contributed by atoms with van der Waals surface area (Å²) >= 11 is 0. The SMILES string of the molecule is CC(NC(=O)CCc1cccnc1)c1nc2ccccc2[nH]1. The van der Waals surface area contributed by atoms with Gasteiger partial charge in [0.25, 0.3) is 0 Å². The molecular formula is C17H18N4O. The Morgan fingerprint density at radius 2 is 2.14 bits per heavy atom. The minimum Gasteiger partial charge on any atom is -0.346 e. The molecular weight excluding hydrogens is 276 g/mol. The Balaban J connectivity index is 1.58. The number of H-pyrrole nitrogens is 1. The van der Waals surface area contributed by atoms with E-state index in [1.54, 1.807) is 12.4 Å². The summed E-state index contributed by atoms with van der Waals surface area (Å²) in [5.41, 5.74) is 2.96. The summed E-state index contributed by atoms with van der Waals surface area (Å²) in [6.45, 7) is 1.93. The fourth-order valence-electron chi connectivity index (χ4n) is 2.36. The number of para-hydroxylation sites is 2. The molecule has 2 aromatic heterocycles. The predicted molar refractivity (Wildman–Crippen MR) is 85.2 cm³/mol. The van der Waals surface area contributed by atoms with Gasteiger partial charge in [0.15, 0.2) is 0 Å². The van der Waals surface area contributed by atoms with Crippen molar-refractivity contribution in [3.05, 3.63) is 60.2 Å². The maximum absolute atomic E-state index is 12.0. The normalized spacial score (nSPS) is 12.2. The maximum atomic E-state index is 12.0. The number of carbonyl (C=O) groups is 1. The lowest BCUT2D eigenvalue weighted by atomic mass is 10.1. The first kappa shape index (κ1) is 14.3. The Hall–Kier alpha value is -2.69. The molecule has 1 aromatic carbocycles. The van der Waals surface area contributed by atoms with Crippen molar-refractivity contribution in [1.82, 2.24) is 20.3 Å². The predicted octanol–water partition coefficient (Wildman–Crippen LogP) is 2.77. The molecule has 112 valence electrons. The summed E-state index contributed by atoms with van der Waals surface area (Å²) in [6.07, 6.45) is 4.64. The van der Waals surface area contributed by atoms with Gasteiger partial charge in [-0.15, -0.1) is 0 Å². The van der Waals surface area contributed by atoms with Crippen LogP contribution in [0, 0.1) is 0 Å². The summed E-state index contributed by atoms with van der Waals surface area (Å²) in [5, 5.41) is 2.97. The number of hydrogen-bond donors (Lipinski definition) is 2. The summed E-state index contributed by atoms with van der Waals surface area (Å²) in [7, 11) is 0. The van der Waals surface area contributed by atoms with Crippen molar-refractivity contribution in [2.24, 2.45) is 0 Å². The number of hydrogen-bond acceptors (Lipinski definition) is 3. The van der Waals surface area contributed by atoms with Gasteiger partial charge in [0.2, 0.25) is 5.91 Å². The molecule has 5 nitrogen and oxygen atoms in total. The van der Waals surface area contributed by atoms with Crippen LogP contribution in [0.3, 0.4) is 0 Å². The highest BCUT2D eigenvalue weighted by Gasteiger charge is 2.13. The molecule has 0 saturated carbocycles. The third-order valence-electron chi connectivity index (χ3n) is 3.56. The zero-order valence-electron chi connectivity index (χ0n) is 12.4. The summed E-state index contributed by atoms with van der Waals surface area (Å²) in [5.74, 6) is 0.785. The lowest BCUT2D eigenvalue weighted by Crippen LogP contribution is -2.27. The van der Waals surface area contributed by atoms with Gasteiger partial charge in [-0.05, 0) is 37.1 Å². The zero-order chi connectivity index (χ0) is 15.4. The quantitative estimate of drug-likeness (QED) is 0.760. The van der Waals surface area contributed by atoms with Gasteiger partial charge in [-0.25, -0.2) is 4.98 Å². The van der Waals surface area contributed by atoms with Gasteiger partial charge in [0, 0.05) is 18.8 Å². The lowest BCUT2D eigenvalue weighted by Gasteiger charge is -2.11. The monoisotopic (exact) mass is 294 g/mol. The van der Waals surface area contributed by atoms with Crippen LogP contribution >= 0.6 is 0 Å². The van der Waals surface area contributed by atoms with E-state index >= 15 is 0 Å². The van der Waals surface area contributed by atoms with E-state index in [-0.39, 0.29) is 11.9 Å². The first-order chi connectivity index (χ1) is 10.7. The molecule has 1 unspecified atom stereocenters. The number of aryl methyl sites for hydroxylation is 1. The van der Waals surface area contributed by atoms with Gasteiger partial charge >= 0.3 is 0 Å². The van der Waals surface area contributed by atoms with Crippen LogP contribution < -0.4 is 5.32 Å². The van der Waals surface area contributed by atoms with Crippen LogP contribution in [-0.4, -0.2) is 20.9 Å². The average molecular weight is 294 g/mol. The van der Waals surface area contributed by atoms with Gasteiger partial charge < -0.3 is 10.3 Å². The van der Waals surface area contributed by atoms with E-state index in [1.807, 2.05) is 43.3 Å². The number of fused-ring (bicyclic) bond motifs is 1. The summed E-state index contributed by atoms with van der Waals surface area (Å²) in [6, 6.07) is 11.5. The molecule has 3 aromatic rings. The summed E-state index contributed by atoms with van der Waals surface area (Å²) in [4.78, 5) is 23.8. The topological polar surface area (TPSA) is 70.7 Å². The molecule has 0 aliphatic rings. The number of benzene rings is 1. The summed E-state index contributed by atoms with van der Waals surface area (Å²) < 4.78 is 0. The minimum atomic E-state index is -0.145. The maximum Gasteiger partial charge on any atom is 0.220 e. The largest absolute Gasteiger partial charge is 0.346 e. The number of nitrogens with one attached hydrogen (secondary N) is 2. The smallest absolute Gasteiger partial charge is 0.220 e. The molecule has 3 rings (SSSR count). The molecule has 2 N–H and O–H groups in total. The second kappa shape index (κ2) is 6.39. The van der Waals surface area contributed by atoms with Gasteiger partial charge in [-0.3, -0.25) is 9.78 Å². The standard InChI is InChI=1S/C17H18N4O/c1-12(17-20-14-6-2-3-7-15(14)21-17)19-16(22)9-8-13-5-4-10-18-11-13/h2-7,10-12H,8-9H2,1H3,(H,19,22)(H,20,21). The molecule has 0 fully saturated rings. The van der Waals surface area contributed by atoms with E-state index in [1.165, 1.54) is 0 Å². The van der Waals surface area contributed by atoms with Crippen molar-refractivity contribution < 1.29 is 4.79 Å². The molecule has 0 bridgehead atoms. The fraction of sp³-hybridized carbons (Fsp3) is 0.235. The van der Waals surface area contributed by atoms with Crippen molar-refractivity contribution in [2.45, 2.75) is 25.8 Å². The average Bonchev–Trinajstić information content (AvgIpc) is 2.98. The van der Waals surface area contributed by atoms with Crippen LogP contribution in [0.15, 0.2) is 48.8 Å². The van der Waals surface area contributed by atoms with E-state index < -0.39 is 0 Å². The molecule has 0 spiro atoms. The van der Waals surface area contributed by atoms with E-state index in [4.69, 9.17) is 0 Å². The molecule has 0 aliphatic heterocycles. The minimum absolute atomic E-state index is 0.0109. The molecule has 2 heterocycles. The van der Waals surface area contributed by atoms with Gasteiger partial charge in [-0.1, -0.05) is 18.2 Å². The van der Waals surface area contributed by atoms with E-state index in [0.29, 0.717) is 12.8 Å². The molecule has 5 heteroatoms. The number of imidazole rings is 1.